The van der Waals surface area contributed by atoms with Crippen LogP contribution in [-0.4, -0.2) is 111 Å². The summed E-state index contributed by atoms with van der Waals surface area (Å²) in [5.74, 6) is -2.80. The van der Waals surface area contributed by atoms with Gasteiger partial charge in [0.2, 0.25) is 17.7 Å². The molecule has 3 amide bonds. The number of unbranched alkanes of at least 4 members (excludes halogenated alkanes) is 13. The molecule has 1 rings (SSSR count). The van der Waals surface area contributed by atoms with E-state index in [-0.39, 0.29) is 102 Å². The van der Waals surface area contributed by atoms with Gasteiger partial charge < -0.3 is 45.1 Å². The van der Waals surface area contributed by atoms with E-state index in [1.54, 1.807) is 0 Å². The summed E-state index contributed by atoms with van der Waals surface area (Å²) >= 11 is 0. The number of ketones is 1. The Balaban J connectivity index is 1.93. The Morgan fingerprint density at radius 2 is 1.08 bits per heavy atom. The molecule has 1 atom stereocenters. The second-order valence-electron chi connectivity index (χ2n) is 15.6. The molecule has 0 saturated carbocycles. The van der Waals surface area contributed by atoms with Crippen LogP contribution >= 0.6 is 0 Å². The Bertz CT molecular complexity index is 1370. The molecule has 0 aromatic heterocycles. The van der Waals surface area contributed by atoms with Crippen molar-refractivity contribution in [2.24, 2.45) is 0 Å². The number of aliphatic carboxylic acids is 2. The molecule has 0 bridgehead atoms. The van der Waals surface area contributed by atoms with Crippen LogP contribution in [0.15, 0.2) is 36.9 Å². The quantitative estimate of drug-likeness (QED) is 0.0345. The highest BCUT2D eigenvalue weighted by Gasteiger charge is 2.20. The number of carboxylic acid groups (broad SMARTS) is 2. The van der Waals surface area contributed by atoms with Crippen LogP contribution in [0.5, 0.6) is 0 Å². The van der Waals surface area contributed by atoms with Gasteiger partial charge in [-0.15, -0.1) is 6.58 Å². The molecule has 1 aromatic rings. The lowest BCUT2D eigenvalue weighted by molar-refractivity contribution is -0.142. The van der Waals surface area contributed by atoms with Crippen LogP contribution < -0.4 is 16.0 Å². The van der Waals surface area contributed by atoms with Gasteiger partial charge in [-0.25, -0.2) is 4.79 Å². The van der Waals surface area contributed by atoms with Crippen LogP contribution in [-0.2, 0) is 60.7 Å². The zero-order chi connectivity index (χ0) is 45.3. The van der Waals surface area contributed by atoms with E-state index in [1.807, 2.05) is 18.2 Å². The molecule has 15 nitrogen and oxygen atoms in total. The molecular formula is C47H77N3O12. The first kappa shape index (κ1) is 55.8. The fourth-order valence-corrected chi connectivity index (χ4v) is 6.43. The average molecular weight is 876 g/mol. The third-order valence-electron chi connectivity index (χ3n) is 10.0. The van der Waals surface area contributed by atoms with Crippen molar-refractivity contribution in [2.45, 2.75) is 154 Å². The Morgan fingerprint density at radius 3 is 1.66 bits per heavy atom. The summed E-state index contributed by atoms with van der Waals surface area (Å²) in [4.78, 5) is 70.8. The van der Waals surface area contributed by atoms with Crippen LogP contribution in [0.4, 0.5) is 0 Å². The first-order valence-electron chi connectivity index (χ1n) is 22.9. The van der Waals surface area contributed by atoms with E-state index in [1.165, 1.54) is 24.8 Å². The SMILES string of the molecule is C=CCCCCc1ccc(CNC(=O)COCCOCCNC(=O)COCCOCCCC(=O)CC[C@H](NC(=O)CCCCCCCCCCCCCCC(=O)O)C(=O)O)cc1. The fourth-order valence-electron chi connectivity index (χ4n) is 6.43. The summed E-state index contributed by atoms with van der Waals surface area (Å²) in [7, 11) is 0. The van der Waals surface area contributed by atoms with Crippen molar-refractivity contribution in [3.63, 3.8) is 0 Å². The zero-order valence-electron chi connectivity index (χ0n) is 37.3. The minimum Gasteiger partial charge on any atom is -0.481 e. The molecule has 0 fully saturated rings. The van der Waals surface area contributed by atoms with Crippen molar-refractivity contribution in [3.8, 4) is 0 Å². The van der Waals surface area contributed by atoms with Crippen molar-refractivity contribution < 1.29 is 57.9 Å². The number of carbonyl (C=O) groups is 6. The Hall–Kier alpha value is -4.18. The number of rotatable bonds is 44. The molecule has 0 heterocycles. The number of hydrogen-bond acceptors (Lipinski definition) is 10. The number of carboxylic acids is 2. The zero-order valence-corrected chi connectivity index (χ0v) is 37.3. The van der Waals surface area contributed by atoms with Gasteiger partial charge in [-0.2, -0.15) is 0 Å². The van der Waals surface area contributed by atoms with E-state index in [4.69, 9.17) is 24.1 Å². The van der Waals surface area contributed by atoms with E-state index < -0.39 is 18.0 Å². The van der Waals surface area contributed by atoms with E-state index >= 15 is 0 Å². The first-order valence-corrected chi connectivity index (χ1v) is 22.9. The highest BCUT2D eigenvalue weighted by molar-refractivity contribution is 5.84. The molecule has 0 unspecified atom stereocenters. The largest absolute Gasteiger partial charge is 0.481 e. The van der Waals surface area contributed by atoms with Crippen LogP contribution in [0.3, 0.4) is 0 Å². The van der Waals surface area contributed by atoms with Crippen molar-refractivity contribution in [3.05, 3.63) is 48.0 Å². The predicted octanol–water partition coefficient (Wildman–Crippen LogP) is 6.63. The maximum absolute atomic E-state index is 12.3. The van der Waals surface area contributed by atoms with E-state index in [9.17, 15) is 33.9 Å². The molecule has 0 spiro atoms. The normalized spacial score (nSPS) is 11.5. The molecule has 5 N–H and O–H groups in total. The minimum absolute atomic E-state index is 0.0358. The molecule has 0 saturated heterocycles. The number of amides is 3. The molecule has 1 aromatic carbocycles. The van der Waals surface area contributed by atoms with Crippen molar-refractivity contribution in [1.82, 2.24) is 16.0 Å². The summed E-state index contributed by atoms with van der Waals surface area (Å²) in [5.41, 5.74) is 2.31. The summed E-state index contributed by atoms with van der Waals surface area (Å²) in [6.45, 7) is 5.86. The van der Waals surface area contributed by atoms with Crippen LogP contribution in [0, 0.1) is 0 Å². The number of carbonyl (C=O) groups excluding carboxylic acids is 4. The highest BCUT2D eigenvalue weighted by Crippen LogP contribution is 2.14. The molecule has 0 aliphatic carbocycles. The lowest BCUT2D eigenvalue weighted by Crippen LogP contribution is -2.41. The van der Waals surface area contributed by atoms with Crippen molar-refractivity contribution in [2.75, 3.05) is 59.4 Å². The maximum Gasteiger partial charge on any atom is 0.326 e. The van der Waals surface area contributed by atoms with E-state index in [2.05, 4.69) is 34.7 Å². The smallest absolute Gasteiger partial charge is 0.326 e. The van der Waals surface area contributed by atoms with Gasteiger partial charge in [0.15, 0.2) is 0 Å². The molecule has 352 valence electrons. The Kier molecular flexibility index (Phi) is 35.7. The number of nitrogens with one attached hydrogen (secondary N) is 3. The Morgan fingerprint density at radius 1 is 0.548 bits per heavy atom. The van der Waals surface area contributed by atoms with E-state index in [0.717, 1.165) is 82.6 Å². The van der Waals surface area contributed by atoms with Crippen molar-refractivity contribution >= 4 is 35.4 Å². The molecule has 62 heavy (non-hydrogen) atoms. The van der Waals surface area contributed by atoms with Gasteiger partial charge in [0.25, 0.3) is 0 Å². The third-order valence-corrected chi connectivity index (χ3v) is 10.0. The Labute approximate surface area is 369 Å². The van der Waals surface area contributed by atoms with Crippen LogP contribution in [0.2, 0.25) is 0 Å². The third kappa shape index (κ3) is 35.4. The number of aryl methyl sites for hydroxylation is 1. The second kappa shape index (κ2) is 39.7. The van der Waals surface area contributed by atoms with Gasteiger partial charge in [-0.3, -0.25) is 24.0 Å². The van der Waals surface area contributed by atoms with E-state index in [0.29, 0.717) is 32.5 Å². The van der Waals surface area contributed by atoms with Crippen LogP contribution in [0.1, 0.15) is 146 Å². The monoisotopic (exact) mass is 876 g/mol. The van der Waals surface area contributed by atoms with Crippen molar-refractivity contribution in [1.29, 1.82) is 0 Å². The van der Waals surface area contributed by atoms with Crippen LogP contribution in [0.25, 0.3) is 0 Å². The number of Topliss-reactive ketones (excluding diaryl/α,β-unsaturated/α-hetero) is 1. The summed E-state index contributed by atoms with van der Waals surface area (Å²) in [6, 6.07) is 7.14. The predicted molar refractivity (Wildman–Crippen MR) is 238 cm³/mol. The van der Waals surface area contributed by atoms with Gasteiger partial charge in [0.05, 0.1) is 33.0 Å². The highest BCUT2D eigenvalue weighted by atomic mass is 16.5. The lowest BCUT2D eigenvalue weighted by atomic mass is 10.0. The first-order chi connectivity index (χ1) is 30.1. The summed E-state index contributed by atoms with van der Waals surface area (Å²) in [5, 5.41) is 26.3. The molecule has 0 radical (unpaired) electrons. The molecule has 0 aliphatic rings. The lowest BCUT2D eigenvalue weighted by Gasteiger charge is -2.14. The minimum atomic E-state index is -1.16. The molecule has 15 heteroatoms. The van der Waals surface area contributed by atoms with Gasteiger partial charge in [0.1, 0.15) is 25.0 Å². The van der Waals surface area contributed by atoms with Gasteiger partial charge >= 0.3 is 11.9 Å². The summed E-state index contributed by atoms with van der Waals surface area (Å²) < 4.78 is 21.6. The molecular weight excluding hydrogens is 799 g/mol. The van der Waals surface area contributed by atoms with Gasteiger partial charge in [-0.1, -0.05) is 94.5 Å². The molecule has 0 aliphatic heterocycles. The fraction of sp³-hybridized carbons (Fsp3) is 0.702. The number of allylic oxidation sites excluding steroid dienone is 1. The number of ether oxygens (including phenoxy) is 4. The maximum atomic E-state index is 12.3. The number of benzene rings is 1. The topological polar surface area (TPSA) is 216 Å². The number of hydrogen-bond donors (Lipinski definition) is 5. The standard InChI is InChI=1S/C47H77N3O12/c1-2-3-4-15-19-39-23-25-40(26-24-39)36-49-45(54)38-62-35-33-60-31-29-48-44(53)37-61-34-32-59-30-18-20-41(51)27-28-42(47(57)58)50-43(52)21-16-13-11-9-7-5-6-8-10-12-14-17-22-46(55)56/h2,23-26,42H,1,3-22,27-38H2,(H,48,53)(H,49,54)(H,50,52)(H,55,56)(H,57,58)/t42-/m0/s1. The average Bonchev–Trinajstić information content (AvgIpc) is 3.25. The van der Waals surface area contributed by atoms with Gasteiger partial charge in [-0.05, 0) is 62.5 Å². The second-order valence-corrected chi connectivity index (χ2v) is 15.6. The summed E-state index contributed by atoms with van der Waals surface area (Å²) in [6.07, 6.45) is 20.0. The van der Waals surface area contributed by atoms with Gasteiger partial charge in [0, 0.05) is 45.4 Å².